The summed E-state index contributed by atoms with van der Waals surface area (Å²) in [5.41, 5.74) is -0.0978. The smallest absolute Gasteiger partial charge is 0.311 e. The Labute approximate surface area is 127 Å². The van der Waals surface area contributed by atoms with Crippen LogP contribution in [0, 0.1) is 13.7 Å². The number of carbonyl (C=O) groups excluding carboxylic acids is 1. The van der Waals surface area contributed by atoms with Crippen molar-refractivity contribution in [1.82, 2.24) is 0 Å². The van der Waals surface area contributed by atoms with E-state index >= 15 is 0 Å². The van der Waals surface area contributed by atoms with Crippen LogP contribution in [0.15, 0.2) is 42.5 Å². The Bertz CT molecular complexity index is 671. The van der Waals surface area contributed by atoms with Gasteiger partial charge in [0.25, 0.3) is 5.91 Å². The Hall–Kier alpha value is -2.16. The second-order valence-electron chi connectivity index (χ2n) is 3.89. The number of nitrogens with one attached hydrogen (secondary N) is 1. The molecule has 0 bridgehead atoms. The van der Waals surface area contributed by atoms with E-state index in [9.17, 15) is 20.0 Å². The highest BCUT2D eigenvalue weighted by Crippen LogP contribution is 2.29. The highest BCUT2D eigenvalue weighted by atomic mass is 127. The Morgan fingerprint density at radius 1 is 1.20 bits per heavy atom. The molecule has 2 aromatic rings. The first-order valence-electron chi connectivity index (χ1n) is 5.52. The number of hydrogen-bond donors (Lipinski definition) is 2. The Morgan fingerprint density at radius 3 is 2.45 bits per heavy atom. The van der Waals surface area contributed by atoms with Crippen molar-refractivity contribution in [2.24, 2.45) is 0 Å². The summed E-state index contributed by atoms with van der Waals surface area (Å²) in [6, 6.07) is 10.8. The molecule has 1 amide bonds. The molecule has 0 radical (unpaired) electrons. The second-order valence-corrected chi connectivity index (χ2v) is 5.14. The van der Waals surface area contributed by atoms with Crippen LogP contribution in [0.3, 0.4) is 0 Å². The fraction of sp³-hybridized carbons (Fsp3) is 0. The van der Waals surface area contributed by atoms with Gasteiger partial charge in [-0.1, -0.05) is 6.07 Å². The largest absolute Gasteiger partial charge is 0.502 e. The lowest BCUT2D eigenvalue weighted by Crippen LogP contribution is -2.12. The van der Waals surface area contributed by atoms with Crippen LogP contribution in [0.25, 0.3) is 0 Å². The number of anilines is 1. The highest BCUT2D eigenvalue weighted by molar-refractivity contribution is 14.1. The van der Waals surface area contributed by atoms with Gasteiger partial charge in [-0.3, -0.25) is 14.9 Å². The quantitative estimate of drug-likeness (QED) is 0.483. The molecule has 0 heterocycles. The van der Waals surface area contributed by atoms with Crippen molar-refractivity contribution in [1.29, 1.82) is 0 Å². The zero-order chi connectivity index (χ0) is 14.7. The highest BCUT2D eigenvalue weighted by Gasteiger charge is 2.20. The molecule has 2 rings (SSSR count). The third-order valence-corrected chi connectivity index (χ3v) is 3.28. The van der Waals surface area contributed by atoms with Crippen LogP contribution in [-0.2, 0) is 0 Å². The average Bonchev–Trinajstić information content (AvgIpc) is 2.41. The molecule has 0 aliphatic carbocycles. The average molecular weight is 384 g/mol. The van der Waals surface area contributed by atoms with Crippen molar-refractivity contribution < 1.29 is 14.8 Å². The van der Waals surface area contributed by atoms with Crippen LogP contribution in [0.2, 0.25) is 0 Å². The van der Waals surface area contributed by atoms with Crippen LogP contribution >= 0.6 is 22.6 Å². The predicted molar refractivity (Wildman–Crippen MR) is 81.9 cm³/mol. The lowest BCUT2D eigenvalue weighted by molar-refractivity contribution is -0.385. The van der Waals surface area contributed by atoms with Gasteiger partial charge >= 0.3 is 5.69 Å². The lowest BCUT2D eigenvalue weighted by atomic mass is 10.1. The molecule has 0 saturated heterocycles. The van der Waals surface area contributed by atoms with Crippen LogP contribution in [0.4, 0.5) is 11.4 Å². The Morgan fingerprint density at radius 2 is 1.85 bits per heavy atom. The van der Waals surface area contributed by atoms with E-state index in [1.807, 2.05) is 12.1 Å². The van der Waals surface area contributed by atoms with Gasteiger partial charge in [0.15, 0.2) is 0 Å². The third-order valence-electron chi connectivity index (χ3n) is 2.56. The molecule has 0 aliphatic rings. The van der Waals surface area contributed by atoms with Gasteiger partial charge in [-0.15, -0.1) is 0 Å². The molecule has 0 aromatic heterocycles. The predicted octanol–water partition coefficient (Wildman–Crippen LogP) is 3.16. The molecule has 0 unspecified atom stereocenters. The van der Waals surface area contributed by atoms with Gasteiger partial charge in [0, 0.05) is 15.3 Å². The summed E-state index contributed by atoms with van der Waals surface area (Å²) in [6.45, 7) is 0. The van der Waals surface area contributed by atoms with E-state index in [1.165, 1.54) is 12.1 Å². The number of amides is 1. The second kappa shape index (κ2) is 5.87. The number of aromatic hydroxyl groups is 1. The Balaban J connectivity index is 2.28. The van der Waals surface area contributed by atoms with Crippen LogP contribution in [0.5, 0.6) is 5.75 Å². The van der Waals surface area contributed by atoms with Gasteiger partial charge < -0.3 is 10.4 Å². The van der Waals surface area contributed by atoms with E-state index < -0.39 is 22.3 Å². The first-order chi connectivity index (χ1) is 9.49. The molecule has 102 valence electrons. The third kappa shape index (κ3) is 3.05. The number of halogens is 1. The molecule has 20 heavy (non-hydrogen) atoms. The number of phenols is 1. The van der Waals surface area contributed by atoms with Crippen molar-refractivity contribution in [3.05, 3.63) is 61.7 Å². The van der Waals surface area contributed by atoms with Gasteiger partial charge in [-0.05, 0) is 52.9 Å². The van der Waals surface area contributed by atoms with Crippen LogP contribution < -0.4 is 5.32 Å². The van der Waals surface area contributed by atoms with Crippen LogP contribution in [0.1, 0.15) is 10.4 Å². The maximum absolute atomic E-state index is 12.0. The maximum atomic E-state index is 12.0. The zero-order valence-electron chi connectivity index (χ0n) is 10.0. The van der Waals surface area contributed by atoms with Crippen molar-refractivity contribution in [3.8, 4) is 5.75 Å². The van der Waals surface area contributed by atoms with Crippen molar-refractivity contribution in [3.63, 3.8) is 0 Å². The number of nitro groups is 1. The standard InChI is InChI=1S/C13H9IN2O4/c14-8-4-6-9(7-5-8)15-13(18)10-2-1-3-11(12(10)17)16(19)20/h1-7,17H,(H,15,18). The number of rotatable bonds is 3. The molecular formula is C13H9IN2O4. The maximum Gasteiger partial charge on any atom is 0.311 e. The number of phenolic OH excluding ortho intramolecular Hbond substituents is 1. The SMILES string of the molecule is O=C(Nc1ccc(I)cc1)c1cccc([N+](=O)[O-])c1O. The van der Waals surface area contributed by atoms with E-state index in [2.05, 4.69) is 27.9 Å². The van der Waals surface area contributed by atoms with E-state index in [0.29, 0.717) is 5.69 Å². The molecular weight excluding hydrogens is 375 g/mol. The normalized spacial score (nSPS) is 10.1. The molecule has 0 spiro atoms. The number of para-hydroxylation sites is 1. The monoisotopic (exact) mass is 384 g/mol. The number of nitro benzene ring substituents is 1. The number of benzene rings is 2. The fourth-order valence-corrected chi connectivity index (χ4v) is 1.95. The summed E-state index contributed by atoms with van der Waals surface area (Å²) in [4.78, 5) is 22.0. The first kappa shape index (κ1) is 14.3. The van der Waals surface area contributed by atoms with Gasteiger partial charge in [0.1, 0.15) is 0 Å². The summed E-state index contributed by atoms with van der Waals surface area (Å²) >= 11 is 2.13. The molecule has 2 N–H and O–H groups in total. The molecule has 7 heteroatoms. The van der Waals surface area contributed by atoms with Gasteiger partial charge in [0.05, 0.1) is 10.5 Å². The summed E-state index contributed by atoms with van der Waals surface area (Å²) < 4.78 is 1.01. The van der Waals surface area contributed by atoms with Gasteiger partial charge in [0.2, 0.25) is 5.75 Å². The van der Waals surface area contributed by atoms with Gasteiger partial charge in [-0.25, -0.2) is 0 Å². The summed E-state index contributed by atoms with van der Waals surface area (Å²) in [7, 11) is 0. The van der Waals surface area contributed by atoms with E-state index in [1.54, 1.807) is 12.1 Å². The first-order valence-corrected chi connectivity index (χ1v) is 6.60. The van der Waals surface area contributed by atoms with E-state index in [0.717, 1.165) is 9.64 Å². The molecule has 2 aromatic carbocycles. The summed E-state index contributed by atoms with van der Waals surface area (Å²) in [6.07, 6.45) is 0. The number of hydrogen-bond acceptors (Lipinski definition) is 4. The molecule has 6 nitrogen and oxygen atoms in total. The number of nitrogens with zero attached hydrogens (tertiary/aromatic N) is 1. The molecule has 0 fully saturated rings. The topological polar surface area (TPSA) is 92.5 Å². The molecule has 0 atom stereocenters. The fourth-order valence-electron chi connectivity index (χ4n) is 1.59. The van der Waals surface area contributed by atoms with Crippen molar-refractivity contribution in [2.45, 2.75) is 0 Å². The van der Waals surface area contributed by atoms with Crippen molar-refractivity contribution >= 4 is 39.9 Å². The molecule has 0 aliphatic heterocycles. The minimum atomic E-state index is -0.739. The lowest BCUT2D eigenvalue weighted by Gasteiger charge is -2.07. The van der Waals surface area contributed by atoms with E-state index in [-0.39, 0.29) is 5.56 Å². The van der Waals surface area contributed by atoms with Crippen LogP contribution in [-0.4, -0.2) is 15.9 Å². The number of carbonyl (C=O) groups is 1. The minimum absolute atomic E-state index is 0.141. The summed E-state index contributed by atoms with van der Waals surface area (Å²) in [5.74, 6) is -1.24. The summed E-state index contributed by atoms with van der Waals surface area (Å²) in [5, 5.41) is 23.0. The zero-order valence-corrected chi connectivity index (χ0v) is 12.2. The van der Waals surface area contributed by atoms with Crippen molar-refractivity contribution in [2.75, 3.05) is 5.32 Å². The van der Waals surface area contributed by atoms with E-state index in [4.69, 9.17) is 0 Å². The van der Waals surface area contributed by atoms with Gasteiger partial charge in [-0.2, -0.15) is 0 Å². The Kier molecular flexibility index (Phi) is 4.18. The minimum Gasteiger partial charge on any atom is -0.502 e. The molecule has 0 saturated carbocycles.